The Bertz CT molecular complexity index is 4140. The third kappa shape index (κ3) is 19.4. The summed E-state index contributed by atoms with van der Waals surface area (Å²) < 4.78 is 37.4. The molecule has 0 spiro atoms. The number of para-hydroxylation sites is 1. The number of hydrogen-bond acceptors (Lipinski definition) is 11. The zero-order valence-electron chi connectivity index (χ0n) is 56.3. The Morgan fingerprint density at radius 3 is 1.21 bits per heavy atom. The molecule has 6 aromatic heterocycles. The predicted octanol–water partition coefficient (Wildman–Crippen LogP) is 20.0. The molecular formula is C78H86F3N11. The molecular weight excluding hydrogens is 1150 g/mol. The van der Waals surface area contributed by atoms with Crippen molar-refractivity contribution in [2.24, 2.45) is 0 Å². The first kappa shape index (κ1) is 69.3. The molecule has 0 aliphatic rings. The van der Waals surface area contributed by atoms with Crippen molar-refractivity contribution in [3.8, 4) is 11.4 Å². The van der Waals surface area contributed by atoms with E-state index in [1.165, 1.54) is 84.8 Å². The van der Waals surface area contributed by atoms with E-state index in [0.29, 0.717) is 11.5 Å². The van der Waals surface area contributed by atoms with Gasteiger partial charge in [-0.3, -0.25) is 4.98 Å². The van der Waals surface area contributed by atoms with Gasteiger partial charge in [0.15, 0.2) is 0 Å². The van der Waals surface area contributed by atoms with Crippen molar-refractivity contribution in [3.63, 3.8) is 0 Å². The van der Waals surface area contributed by atoms with Crippen molar-refractivity contribution in [2.45, 2.75) is 89.3 Å². The molecule has 14 heteroatoms. The van der Waals surface area contributed by atoms with Crippen LogP contribution in [-0.4, -0.2) is 65.1 Å². The number of alkyl halides is 3. The van der Waals surface area contributed by atoms with Gasteiger partial charge in [0.1, 0.15) is 29.1 Å². The van der Waals surface area contributed by atoms with Crippen molar-refractivity contribution >= 4 is 57.5 Å². The van der Waals surface area contributed by atoms with Gasteiger partial charge >= 0.3 is 6.18 Å². The van der Waals surface area contributed by atoms with Gasteiger partial charge in [0, 0.05) is 94.2 Å². The summed E-state index contributed by atoms with van der Waals surface area (Å²) in [5.41, 5.74) is 21.1. The Kier molecular flexibility index (Phi) is 24.1. The number of benzene rings is 5. The highest BCUT2D eigenvalue weighted by Gasteiger charge is 2.30. The minimum absolute atomic E-state index is 0.651. The molecule has 11 aromatic rings. The van der Waals surface area contributed by atoms with Crippen LogP contribution in [0.15, 0.2) is 213 Å². The molecule has 0 bridgehead atoms. The molecule has 0 radical (unpaired) electrons. The number of anilines is 10. The quantitative estimate of drug-likeness (QED) is 0.124. The zero-order valence-corrected chi connectivity index (χ0v) is 56.3. The summed E-state index contributed by atoms with van der Waals surface area (Å²) in [7, 11) is 9.94. The molecule has 92 heavy (non-hydrogen) atoms. The van der Waals surface area contributed by atoms with E-state index in [2.05, 4.69) is 205 Å². The van der Waals surface area contributed by atoms with Crippen LogP contribution in [0.3, 0.4) is 0 Å². The maximum atomic E-state index is 12.5. The van der Waals surface area contributed by atoms with E-state index in [-0.39, 0.29) is 0 Å². The van der Waals surface area contributed by atoms with Gasteiger partial charge in [-0.15, -0.1) is 0 Å². The van der Waals surface area contributed by atoms with Gasteiger partial charge in [-0.05, 0) is 248 Å². The molecule has 0 amide bonds. The molecule has 474 valence electrons. The lowest BCUT2D eigenvalue weighted by molar-refractivity contribution is -0.137. The predicted molar refractivity (Wildman–Crippen MR) is 379 cm³/mol. The molecule has 11 rings (SSSR count). The third-order valence-corrected chi connectivity index (χ3v) is 15.6. The van der Waals surface area contributed by atoms with Crippen molar-refractivity contribution in [1.82, 2.24) is 29.9 Å². The van der Waals surface area contributed by atoms with Gasteiger partial charge < -0.3 is 24.5 Å². The van der Waals surface area contributed by atoms with Gasteiger partial charge in [0.25, 0.3) is 0 Å². The second-order valence-electron chi connectivity index (χ2n) is 23.3. The summed E-state index contributed by atoms with van der Waals surface area (Å²) in [5, 5.41) is 0. The van der Waals surface area contributed by atoms with E-state index >= 15 is 0 Å². The fourth-order valence-corrected chi connectivity index (χ4v) is 9.69. The first-order valence-corrected chi connectivity index (χ1v) is 30.5. The lowest BCUT2D eigenvalue weighted by Crippen LogP contribution is -2.13. The Balaban J connectivity index is 0.000000163. The van der Waals surface area contributed by atoms with E-state index in [9.17, 15) is 13.2 Å². The minimum atomic E-state index is -4.31. The normalized spacial score (nSPS) is 10.6. The van der Waals surface area contributed by atoms with E-state index in [1.54, 1.807) is 18.1 Å². The van der Waals surface area contributed by atoms with Crippen LogP contribution in [-0.2, 0) is 6.18 Å². The van der Waals surface area contributed by atoms with Crippen molar-refractivity contribution in [3.05, 3.63) is 285 Å². The fourth-order valence-electron chi connectivity index (χ4n) is 9.69. The molecule has 11 nitrogen and oxygen atoms in total. The monoisotopic (exact) mass is 1230 g/mol. The summed E-state index contributed by atoms with van der Waals surface area (Å²) in [5.74, 6) is 4.55. The fraction of sp³-hybridized carbons (Fsp3) is 0.231. The number of rotatable bonds is 11. The number of hydrogen-bond donors (Lipinski definition) is 0. The first-order valence-electron chi connectivity index (χ1n) is 30.5. The van der Waals surface area contributed by atoms with E-state index in [0.717, 1.165) is 63.7 Å². The van der Waals surface area contributed by atoms with Gasteiger partial charge in [-0.2, -0.15) is 13.2 Å². The lowest BCUT2D eigenvalue weighted by atomic mass is 10.1. The molecule has 5 aromatic carbocycles. The largest absolute Gasteiger partial charge is 0.416 e. The van der Waals surface area contributed by atoms with Crippen LogP contribution < -0.4 is 24.5 Å². The summed E-state index contributed by atoms with van der Waals surface area (Å²) >= 11 is 0. The molecule has 0 atom stereocenters. The Hall–Kier alpha value is -10.2. The van der Waals surface area contributed by atoms with Crippen molar-refractivity contribution in [1.29, 1.82) is 0 Å². The van der Waals surface area contributed by atoms with Crippen LogP contribution in [0.2, 0.25) is 0 Å². The van der Waals surface area contributed by atoms with E-state index < -0.39 is 11.7 Å². The zero-order chi connectivity index (χ0) is 66.8. The number of aromatic nitrogens is 6. The SMILES string of the molecule is Cc1ccc(N(C)c2ccc(C(F)(F)F)cc2)nc1.Cc1ccc(N(C)c2ccc(C)c(C)c2)nc1.Cc1ccc(N(C)c2ccc(C)cc2C)nc1.Cc1cccc(-c2cccc(N(C)c3ccccc3)n2)n1.Cc1cnc(N(C)c2ccc(C)c(C)c2)c(C)c1. The Labute approximate surface area is 543 Å². The summed E-state index contributed by atoms with van der Waals surface area (Å²) in [4.78, 5) is 37.1. The molecule has 0 aliphatic heterocycles. The molecule has 0 N–H and O–H groups in total. The van der Waals surface area contributed by atoms with Gasteiger partial charge in [-0.25, -0.2) is 24.9 Å². The second-order valence-corrected chi connectivity index (χ2v) is 23.3. The summed E-state index contributed by atoms with van der Waals surface area (Å²) in [6, 6.07) is 60.8. The van der Waals surface area contributed by atoms with Gasteiger partial charge in [0.05, 0.1) is 17.0 Å². The Morgan fingerprint density at radius 2 is 0.728 bits per heavy atom. The highest BCUT2D eigenvalue weighted by atomic mass is 19.4. The van der Waals surface area contributed by atoms with Crippen molar-refractivity contribution in [2.75, 3.05) is 59.7 Å². The maximum Gasteiger partial charge on any atom is 0.416 e. The number of nitrogens with zero attached hydrogens (tertiary/aromatic N) is 11. The smallest absolute Gasteiger partial charge is 0.329 e. The lowest BCUT2D eigenvalue weighted by Gasteiger charge is -2.21. The summed E-state index contributed by atoms with van der Waals surface area (Å²) in [6.07, 6.45) is 3.12. The number of pyridine rings is 6. The van der Waals surface area contributed by atoms with Gasteiger partial charge in [-0.1, -0.05) is 84.4 Å². The number of halogens is 3. The average molecular weight is 1230 g/mol. The molecule has 6 heterocycles. The standard InChI is InChI=1S/C18H17N3.C16H20N2.2C15H18N2.C14H13F3N2/c1-14-8-6-11-16(19-14)17-12-7-13-18(20-17)21(2)15-9-4-3-5-10-15;1-11-8-14(4)16(17-10-11)18(5)15-7-6-12(2)13(3)9-15;1-11-5-8-15(16-10-11)17(4)14-7-6-12(2)13(3)9-14;1-11-5-7-14(13(3)9-11)17(4)15-8-6-12(2)10-16-15;1-10-3-8-13(18-9-10)19(2)12-6-4-11(5-7-12)14(15,16)17/h3-13H,1-2H3;6-10H,1-5H3;2*5-10H,1-4H3;3-9H,1-2H3. The van der Waals surface area contributed by atoms with Crippen LogP contribution in [0.5, 0.6) is 0 Å². The van der Waals surface area contributed by atoms with Crippen LogP contribution in [0.25, 0.3) is 11.4 Å². The van der Waals surface area contributed by atoms with Gasteiger partial charge in [0.2, 0.25) is 0 Å². The number of aryl methyl sites for hydroxylation is 12. The highest BCUT2D eigenvalue weighted by Crippen LogP contribution is 2.33. The molecule has 0 saturated heterocycles. The molecule has 0 unspecified atom stereocenters. The van der Waals surface area contributed by atoms with E-state index in [1.807, 2.05) is 133 Å². The average Bonchev–Trinajstić information content (AvgIpc) is 1.15. The second kappa shape index (κ2) is 32.0. The van der Waals surface area contributed by atoms with Crippen molar-refractivity contribution < 1.29 is 13.2 Å². The summed E-state index contributed by atoms with van der Waals surface area (Å²) in [6.45, 7) is 25.0. The third-order valence-electron chi connectivity index (χ3n) is 15.6. The molecule has 0 saturated carbocycles. The van der Waals surface area contributed by atoms with E-state index in [4.69, 9.17) is 4.98 Å². The molecule has 0 fully saturated rings. The first-order chi connectivity index (χ1) is 43.8. The highest BCUT2D eigenvalue weighted by molar-refractivity contribution is 5.67. The molecule has 0 aliphatic carbocycles. The van der Waals surface area contributed by atoms with Crippen LogP contribution in [0.1, 0.15) is 72.5 Å². The van der Waals surface area contributed by atoms with Crippen LogP contribution in [0, 0.1) is 83.1 Å². The topological polar surface area (TPSA) is 93.5 Å². The Morgan fingerprint density at radius 1 is 0.293 bits per heavy atom. The minimum Gasteiger partial charge on any atom is -0.329 e. The maximum absolute atomic E-state index is 12.5. The van der Waals surface area contributed by atoms with Crippen LogP contribution >= 0.6 is 0 Å². The van der Waals surface area contributed by atoms with Crippen LogP contribution in [0.4, 0.5) is 70.7 Å².